The molecule has 7 heteroatoms. The highest BCUT2D eigenvalue weighted by Gasteiger charge is 2.37. The van der Waals surface area contributed by atoms with Crippen LogP contribution in [0, 0.1) is 5.92 Å². The van der Waals surface area contributed by atoms with Crippen LogP contribution in [0.1, 0.15) is 6.42 Å². The monoisotopic (exact) mass is 316 g/mol. The van der Waals surface area contributed by atoms with E-state index >= 15 is 0 Å². The van der Waals surface area contributed by atoms with Crippen molar-refractivity contribution in [2.24, 2.45) is 5.92 Å². The molecule has 1 amide bonds. The molecule has 0 spiro atoms. The van der Waals surface area contributed by atoms with Crippen LogP contribution in [0.5, 0.6) is 5.75 Å². The van der Waals surface area contributed by atoms with Crippen LogP contribution in [0.25, 0.3) is 11.3 Å². The van der Waals surface area contributed by atoms with E-state index < -0.39 is 11.9 Å². The van der Waals surface area contributed by atoms with Crippen LogP contribution >= 0.6 is 0 Å². The minimum absolute atomic E-state index is 0.116. The van der Waals surface area contributed by atoms with Gasteiger partial charge in [0.25, 0.3) is 0 Å². The van der Waals surface area contributed by atoms with Crippen LogP contribution in [0.15, 0.2) is 34.9 Å². The number of nitrogens with zero attached hydrogens (tertiary/aromatic N) is 2. The number of hydrogen-bond acceptors (Lipinski definition) is 6. The first-order valence-electron chi connectivity index (χ1n) is 7.11. The third kappa shape index (κ3) is 2.90. The topological polar surface area (TPSA) is 81.9 Å². The van der Waals surface area contributed by atoms with Gasteiger partial charge in [-0.15, -0.1) is 0 Å². The lowest BCUT2D eigenvalue weighted by atomic mass is 10.1. The third-order valence-electron chi connectivity index (χ3n) is 3.81. The Bertz CT molecular complexity index is 722. The Kier molecular flexibility index (Phi) is 4.01. The maximum atomic E-state index is 12.0. The lowest BCUT2D eigenvalue weighted by Crippen LogP contribution is -2.25. The second-order valence-electron chi connectivity index (χ2n) is 5.21. The standard InChI is InChI=1S/C16H16N2O5/c1-21-12-5-3-10(4-6-12)13-8-15(23-17-13)18-9-11(7-14(18)19)16(20)22-2/h3-6,8,11H,7,9H2,1-2H3. The molecule has 120 valence electrons. The molecule has 7 nitrogen and oxygen atoms in total. The molecule has 0 bridgehead atoms. The van der Waals surface area contributed by atoms with Gasteiger partial charge in [-0.25, -0.2) is 0 Å². The van der Waals surface area contributed by atoms with Crippen molar-refractivity contribution in [3.8, 4) is 17.0 Å². The van der Waals surface area contributed by atoms with Crippen molar-refractivity contribution in [1.82, 2.24) is 5.16 Å². The van der Waals surface area contributed by atoms with E-state index in [2.05, 4.69) is 9.89 Å². The van der Waals surface area contributed by atoms with Gasteiger partial charge >= 0.3 is 5.97 Å². The zero-order chi connectivity index (χ0) is 16.4. The number of amides is 1. The van der Waals surface area contributed by atoms with Crippen LogP contribution in [0.4, 0.5) is 5.88 Å². The summed E-state index contributed by atoms with van der Waals surface area (Å²) in [7, 11) is 2.91. The fourth-order valence-electron chi connectivity index (χ4n) is 2.54. The Morgan fingerprint density at radius 3 is 2.70 bits per heavy atom. The van der Waals surface area contributed by atoms with Gasteiger partial charge in [-0.3, -0.25) is 14.5 Å². The summed E-state index contributed by atoms with van der Waals surface area (Å²) < 4.78 is 15.1. The molecule has 3 rings (SSSR count). The molecular weight excluding hydrogens is 300 g/mol. The molecule has 1 aliphatic heterocycles. The smallest absolute Gasteiger partial charge is 0.311 e. The van der Waals surface area contributed by atoms with Gasteiger partial charge in [-0.1, -0.05) is 5.16 Å². The highest BCUT2D eigenvalue weighted by atomic mass is 16.5. The average Bonchev–Trinajstić information content (AvgIpc) is 3.21. The number of carbonyl (C=O) groups is 2. The normalized spacial score (nSPS) is 17.4. The summed E-state index contributed by atoms with van der Waals surface area (Å²) in [5.41, 5.74) is 1.45. The lowest BCUT2D eigenvalue weighted by molar-refractivity contribution is -0.145. The van der Waals surface area contributed by atoms with Crippen LogP contribution in [-0.2, 0) is 14.3 Å². The number of hydrogen-bond donors (Lipinski definition) is 0. The zero-order valence-electron chi connectivity index (χ0n) is 12.8. The van der Waals surface area contributed by atoms with Gasteiger partial charge in [0.2, 0.25) is 11.8 Å². The minimum Gasteiger partial charge on any atom is -0.497 e. The quantitative estimate of drug-likeness (QED) is 0.801. The van der Waals surface area contributed by atoms with Crippen molar-refractivity contribution in [3.63, 3.8) is 0 Å². The van der Waals surface area contributed by atoms with Gasteiger partial charge in [0.05, 0.1) is 20.1 Å². The molecule has 2 aromatic rings. The molecule has 0 N–H and O–H groups in total. The van der Waals surface area contributed by atoms with E-state index in [1.807, 2.05) is 24.3 Å². The first-order chi connectivity index (χ1) is 11.1. The Balaban J connectivity index is 1.79. The molecule has 1 atom stereocenters. The van der Waals surface area contributed by atoms with Crippen molar-refractivity contribution in [2.75, 3.05) is 25.7 Å². The van der Waals surface area contributed by atoms with E-state index in [0.29, 0.717) is 11.6 Å². The van der Waals surface area contributed by atoms with Gasteiger partial charge < -0.3 is 14.0 Å². The lowest BCUT2D eigenvalue weighted by Gasteiger charge is -2.10. The summed E-state index contributed by atoms with van der Waals surface area (Å²) in [5.74, 6) is 0.0240. The van der Waals surface area contributed by atoms with E-state index in [1.165, 1.54) is 12.0 Å². The Morgan fingerprint density at radius 1 is 1.30 bits per heavy atom. The molecule has 0 aliphatic carbocycles. The van der Waals surface area contributed by atoms with Crippen molar-refractivity contribution < 1.29 is 23.6 Å². The number of rotatable bonds is 4. The van der Waals surface area contributed by atoms with Crippen LogP contribution in [-0.4, -0.2) is 37.8 Å². The molecule has 0 saturated carbocycles. The number of ether oxygens (including phenoxy) is 2. The summed E-state index contributed by atoms with van der Waals surface area (Å²) in [5, 5.41) is 3.99. The summed E-state index contributed by atoms with van der Waals surface area (Å²) in [6, 6.07) is 9.02. The first-order valence-corrected chi connectivity index (χ1v) is 7.11. The highest BCUT2D eigenvalue weighted by Crippen LogP contribution is 2.30. The predicted octanol–water partition coefficient (Wildman–Crippen LogP) is 1.88. The number of aromatic nitrogens is 1. The van der Waals surface area contributed by atoms with Gasteiger partial charge in [-0.2, -0.15) is 0 Å². The molecule has 1 aliphatic rings. The van der Waals surface area contributed by atoms with Crippen LogP contribution < -0.4 is 9.64 Å². The Labute approximate surface area is 132 Å². The molecule has 2 heterocycles. The summed E-state index contributed by atoms with van der Waals surface area (Å²) in [6.07, 6.45) is 0.116. The Hall–Kier alpha value is -2.83. The average molecular weight is 316 g/mol. The molecule has 0 radical (unpaired) electrons. The first kappa shape index (κ1) is 15.1. The molecule has 1 unspecified atom stereocenters. The minimum atomic E-state index is -0.470. The summed E-state index contributed by atoms with van der Waals surface area (Å²) >= 11 is 0. The molecule has 1 fully saturated rings. The highest BCUT2D eigenvalue weighted by molar-refractivity contribution is 5.98. The fourth-order valence-corrected chi connectivity index (χ4v) is 2.54. The molecule has 23 heavy (non-hydrogen) atoms. The van der Waals surface area contributed by atoms with Crippen LogP contribution in [0.3, 0.4) is 0 Å². The zero-order valence-corrected chi connectivity index (χ0v) is 12.8. The molecular formula is C16H16N2O5. The van der Waals surface area contributed by atoms with Gasteiger partial charge in [0.15, 0.2) is 0 Å². The second kappa shape index (κ2) is 6.12. The number of esters is 1. The third-order valence-corrected chi connectivity index (χ3v) is 3.81. The van der Waals surface area contributed by atoms with Crippen molar-refractivity contribution in [3.05, 3.63) is 30.3 Å². The van der Waals surface area contributed by atoms with E-state index in [4.69, 9.17) is 9.26 Å². The summed E-state index contributed by atoms with van der Waals surface area (Å²) in [4.78, 5) is 25.0. The van der Waals surface area contributed by atoms with Crippen molar-refractivity contribution in [2.45, 2.75) is 6.42 Å². The number of anilines is 1. The number of benzene rings is 1. The van der Waals surface area contributed by atoms with Gasteiger partial charge in [0.1, 0.15) is 11.4 Å². The molecule has 1 aromatic heterocycles. The maximum absolute atomic E-state index is 12.0. The second-order valence-corrected chi connectivity index (χ2v) is 5.21. The van der Waals surface area contributed by atoms with E-state index in [-0.39, 0.29) is 18.9 Å². The van der Waals surface area contributed by atoms with Gasteiger partial charge in [-0.05, 0) is 24.3 Å². The van der Waals surface area contributed by atoms with Crippen molar-refractivity contribution >= 4 is 17.8 Å². The summed E-state index contributed by atoms with van der Waals surface area (Å²) in [6.45, 7) is 0.239. The molecule has 1 aromatic carbocycles. The van der Waals surface area contributed by atoms with Gasteiger partial charge in [0, 0.05) is 24.6 Å². The Morgan fingerprint density at radius 2 is 2.04 bits per heavy atom. The number of methoxy groups -OCH3 is 2. The van der Waals surface area contributed by atoms with E-state index in [1.54, 1.807) is 13.2 Å². The SMILES string of the molecule is COC(=O)C1CC(=O)N(c2cc(-c3ccc(OC)cc3)no2)C1. The largest absolute Gasteiger partial charge is 0.497 e. The maximum Gasteiger partial charge on any atom is 0.311 e. The molecule has 1 saturated heterocycles. The van der Waals surface area contributed by atoms with E-state index in [0.717, 1.165) is 11.3 Å². The fraction of sp³-hybridized carbons (Fsp3) is 0.312. The predicted molar refractivity (Wildman–Crippen MR) is 81.0 cm³/mol. The van der Waals surface area contributed by atoms with Crippen molar-refractivity contribution in [1.29, 1.82) is 0 Å². The van der Waals surface area contributed by atoms with Crippen LogP contribution in [0.2, 0.25) is 0 Å². The number of carbonyl (C=O) groups excluding carboxylic acids is 2. The van der Waals surface area contributed by atoms with E-state index in [9.17, 15) is 9.59 Å².